The van der Waals surface area contributed by atoms with Gasteiger partial charge in [-0.05, 0) is 44.7 Å². The van der Waals surface area contributed by atoms with Crippen LogP contribution in [0.3, 0.4) is 0 Å². The monoisotopic (exact) mass is 306 g/mol. The lowest BCUT2D eigenvalue weighted by Crippen LogP contribution is -2.16. The van der Waals surface area contributed by atoms with Gasteiger partial charge in [-0.15, -0.1) is 0 Å². The van der Waals surface area contributed by atoms with Crippen molar-refractivity contribution in [3.05, 3.63) is 47.4 Å². The van der Waals surface area contributed by atoms with Crippen LogP contribution in [0.2, 0.25) is 0 Å². The normalized spacial score (nSPS) is 11.4. The maximum absolute atomic E-state index is 12.3. The van der Waals surface area contributed by atoms with E-state index in [1.54, 1.807) is 31.3 Å². The molecule has 0 fully saturated rings. The van der Waals surface area contributed by atoms with Gasteiger partial charge in [-0.2, -0.15) is 8.42 Å². The van der Waals surface area contributed by atoms with Crippen LogP contribution < -0.4 is 10.0 Å². The Labute approximate surface area is 124 Å². The van der Waals surface area contributed by atoms with E-state index in [1.165, 1.54) is 6.07 Å². The molecule has 6 nitrogen and oxygen atoms in total. The van der Waals surface area contributed by atoms with Crippen LogP contribution >= 0.6 is 0 Å². The second-order valence-electron chi connectivity index (χ2n) is 4.73. The first-order valence-electron chi connectivity index (χ1n) is 6.49. The lowest BCUT2D eigenvalue weighted by Gasteiger charge is -2.10. The third-order valence-corrected chi connectivity index (χ3v) is 4.20. The average molecular weight is 306 g/mol. The highest BCUT2D eigenvalue weighted by Crippen LogP contribution is 2.17. The van der Waals surface area contributed by atoms with Crippen molar-refractivity contribution in [2.45, 2.75) is 25.4 Å². The molecule has 2 N–H and O–H groups in total. The van der Waals surface area contributed by atoms with E-state index in [-0.39, 0.29) is 5.03 Å². The van der Waals surface area contributed by atoms with Crippen LogP contribution in [0.25, 0.3) is 0 Å². The van der Waals surface area contributed by atoms with Crippen molar-refractivity contribution in [2.75, 3.05) is 11.8 Å². The van der Waals surface area contributed by atoms with Crippen LogP contribution in [-0.2, 0) is 16.6 Å². The van der Waals surface area contributed by atoms with Gasteiger partial charge in [-0.25, -0.2) is 4.98 Å². The van der Waals surface area contributed by atoms with Crippen LogP contribution in [-0.4, -0.2) is 25.4 Å². The second-order valence-corrected chi connectivity index (χ2v) is 6.36. The van der Waals surface area contributed by atoms with Gasteiger partial charge >= 0.3 is 0 Å². The van der Waals surface area contributed by atoms with Crippen molar-refractivity contribution >= 4 is 15.7 Å². The standard InChI is InChI=1S/C14H18N4O2S/c1-10-4-6-13(11(2)17-10)18-21(19,20)14-7-5-12(8-15-3)9-16-14/h4-7,9,15,18H,8H2,1-3H3. The summed E-state index contributed by atoms with van der Waals surface area (Å²) in [5.41, 5.74) is 2.85. The van der Waals surface area contributed by atoms with Crippen molar-refractivity contribution in [3.63, 3.8) is 0 Å². The molecule has 2 aromatic heterocycles. The van der Waals surface area contributed by atoms with E-state index in [1.807, 2.05) is 14.0 Å². The molecule has 0 radical (unpaired) electrons. The SMILES string of the molecule is CNCc1ccc(S(=O)(=O)Nc2ccc(C)nc2C)nc1. The lowest BCUT2D eigenvalue weighted by atomic mass is 10.3. The first kappa shape index (κ1) is 15.4. The average Bonchev–Trinajstić information content (AvgIpc) is 2.43. The van der Waals surface area contributed by atoms with Crippen LogP contribution in [0.1, 0.15) is 17.0 Å². The highest BCUT2D eigenvalue weighted by Gasteiger charge is 2.17. The lowest BCUT2D eigenvalue weighted by molar-refractivity contribution is 0.597. The smallest absolute Gasteiger partial charge is 0.279 e. The van der Waals surface area contributed by atoms with E-state index in [2.05, 4.69) is 20.0 Å². The van der Waals surface area contributed by atoms with E-state index in [0.717, 1.165) is 11.3 Å². The Morgan fingerprint density at radius 1 is 1.14 bits per heavy atom. The topological polar surface area (TPSA) is 84.0 Å². The fourth-order valence-corrected chi connectivity index (χ4v) is 2.92. The zero-order chi connectivity index (χ0) is 15.5. The number of pyridine rings is 2. The maximum Gasteiger partial charge on any atom is 0.279 e. The third-order valence-electron chi connectivity index (χ3n) is 2.92. The summed E-state index contributed by atoms with van der Waals surface area (Å²) in [6, 6.07) is 6.68. The van der Waals surface area contributed by atoms with Crippen LogP contribution in [0, 0.1) is 13.8 Å². The Hall–Kier alpha value is -1.99. The fourth-order valence-electron chi connectivity index (χ4n) is 1.87. The molecule has 2 heterocycles. The highest BCUT2D eigenvalue weighted by molar-refractivity contribution is 7.92. The van der Waals surface area contributed by atoms with E-state index in [0.29, 0.717) is 17.9 Å². The maximum atomic E-state index is 12.3. The Bertz CT molecular complexity index is 727. The van der Waals surface area contributed by atoms with E-state index in [9.17, 15) is 8.42 Å². The van der Waals surface area contributed by atoms with Crippen molar-refractivity contribution in [1.82, 2.24) is 15.3 Å². The first-order chi connectivity index (χ1) is 9.92. The Kier molecular flexibility index (Phi) is 4.54. The minimum Gasteiger partial charge on any atom is -0.316 e. The Balaban J connectivity index is 2.25. The van der Waals surface area contributed by atoms with Gasteiger partial charge in [-0.3, -0.25) is 9.71 Å². The number of sulfonamides is 1. The van der Waals surface area contributed by atoms with Crippen LogP contribution in [0.4, 0.5) is 5.69 Å². The van der Waals surface area contributed by atoms with Gasteiger partial charge in [0.05, 0.1) is 11.4 Å². The van der Waals surface area contributed by atoms with Gasteiger partial charge in [-0.1, -0.05) is 6.07 Å². The number of hydrogen-bond acceptors (Lipinski definition) is 5. The van der Waals surface area contributed by atoms with Crippen molar-refractivity contribution in [3.8, 4) is 0 Å². The zero-order valence-electron chi connectivity index (χ0n) is 12.2. The second kappa shape index (κ2) is 6.19. The van der Waals surface area contributed by atoms with Gasteiger partial charge in [0.2, 0.25) is 0 Å². The quantitative estimate of drug-likeness (QED) is 0.877. The molecule has 0 aliphatic rings. The number of aromatic nitrogens is 2. The summed E-state index contributed by atoms with van der Waals surface area (Å²) in [5.74, 6) is 0. The number of hydrogen-bond donors (Lipinski definition) is 2. The predicted octanol–water partition coefficient (Wildman–Crippen LogP) is 1.61. The summed E-state index contributed by atoms with van der Waals surface area (Å²) in [6.45, 7) is 4.25. The summed E-state index contributed by atoms with van der Waals surface area (Å²) in [5, 5.41) is 2.97. The molecule has 0 saturated carbocycles. The molecule has 0 saturated heterocycles. The summed E-state index contributed by atoms with van der Waals surface area (Å²) in [6.07, 6.45) is 1.55. The minimum absolute atomic E-state index is 0.0117. The molecular weight excluding hydrogens is 288 g/mol. The van der Waals surface area contributed by atoms with E-state index in [4.69, 9.17) is 0 Å². The molecule has 21 heavy (non-hydrogen) atoms. The van der Waals surface area contributed by atoms with Gasteiger partial charge in [0, 0.05) is 18.4 Å². The number of nitrogens with one attached hydrogen (secondary N) is 2. The number of aryl methyl sites for hydroxylation is 2. The van der Waals surface area contributed by atoms with Crippen molar-refractivity contribution in [1.29, 1.82) is 0 Å². The molecule has 0 atom stereocenters. The van der Waals surface area contributed by atoms with Crippen LogP contribution in [0.5, 0.6) is 0 Å². The molecule has 0 amide bonds. The van der Waals surface area contributed by atoms with Gasteiger partial charge in [0.15, 0.2) is 5.03 Å². The molecule has 0 aliphatic carbocycles. The number of nitrogens with zero attached hydrogens (tertiary/aromatic N) is 2. The number of rotatable bonds is 5. The molecule has 0 aliphatic heterocycles. The molecule has 2 aromatic rings. The summed E-state index contributed by atoms with van der Waals surface area (Å²) >= 11 is 0. The molecule has 0 bridgehead atoms. The predicted molar refractivity (Wildman–Crippen MR) is 81.5 cm³/mol. The minimum atomic E-state index is -3.70. The molecule has 0 aromatic carbocycles. The van der Waals surface area contributed by atoms with Crippen molar-refractivity contribution in [2.24, 2.45) is 0 Å². The van der Waals surface area contributed by atoms with E-state index >= 15 is 0 Å². The molecule has 112 valence electrons. The summed E-state index contributed by atoms with van der Waals surface area (Å²) in [7, 11) is -1.88. The summed E-state index contributed by atoms with van der Waals surface area (Å²) in [4.78, 5) is 8.24. The fraction of sp³-hybridized carbons (Fsp3) is 0.286. The van der Waals surface area contributed by atoms with E-state index < -0.39 is 10.0 Å². The largest absolute Gasteiger partial charge is 0.316 e. The van der Waals surface area contributed by atoms with Gasteiger partial charge in [0.1, 0.15) is 0 Å². The summed E-state index contributed by atoms with van der Waals surface area (Å²) < 4.78 is 27.1. The molecular formula is C14H18N4O2S. The van der Waals surface area contributed by atoms with Crippen LogP contribution in [0.15, 0.2) is 35.5 Å². The third kappa shape index (κ3) is 3.77. The van der Waals surface area contributed by atoms with Gasteiger partial charge < -0.3 is 5.32 Å². The molecule has 7 heteroatoms. The Morgan fingerprint density at radius 3 is 2.48 bits per heavy atom. The van der Waals surface area contributed by atoms with Gasteiger partial charge in [0.25, 0.3) is 10.0 Å². The molecule has 2 rings (SSSR count). The molecule has 0 unspecified atom stereocenters. The molecule has 0 spiro atoms. The first-order valence-corrected chi connectivity index (χ1v) is 7.97. The zero-order valence-corrected chi connectivity index (χ0v) is 13.0. The highest BCUT2D eigenvalue weighted by atomic mass is 32.2. The van der Waals surface area contributed by atoms with Crippen molar-refractivity contribution < 1.29 is 8.42 Å². The number of anilines is 1. The Morgan fingerprint density at radius 2 is 1.90 bits per heavy atom.